The molecule has 2 aromatic rings. The molecule has 2 saturated heterocycles. The maximum absolute atomic E-state index is 13.1. The number of para-hydroxylation sites is 1. The Morgan fingerprint density at radius 2 is 1.88 bits per heavy atom. The molecular weight excluding hydrogens is 300 g/mol. The van der Waals surface area contributed by atoms with Crippen LogP contribution in [0, 0.1) is 0 Å². The SMILES string of the molecule is CN(C)C1CN(C(=O)c2cc3ccccc3nc2N2CCCC2)C1. The summed E-state index contributed by atoms with van der Waals surface area (Å²) in [5.74, 6) is 0.984. The molecule has 5 nitrogen and oxygen atoms in total. The van der Waals surface area contributed by atoms with Crippen LogP contribution < -0.4 is 4.90 Å². The van der Waals surface area contributed by atoms with E-state index >= 15 is 0 Å². The Labute approximate surface area is 142 Å². The van der Waals surface area contributed by atoms with Crippen molar-refractivity contribution < 1.29 is 4.79 Å². The molecule has 2 fully saturated rings. The van der Waals surface area contributed by atoms with Crippen LogP contribution in [0.3, 0.4) is 0 Å². The standard InChI is InChI=1S/C19H24N4O/c1-21(2)15-12-23(13-15)19(24)16-11-14-7-3-4-8-17(14)20-18(16)22-9-5-6-10-22/h3-4,7-8,11,15H,5-6,9-10,12-13H2,1-2H3. The molecule has 1 aromatic heterocycles. The van der Waals surface area contributed by atoms with Crippen molar-refractivity contribution in [2.45, 2.75) is 18.9 Å². The number of hydrogen-bond acceptors (Lipinski definition) is 4. The first-order chi connectivity index (χ1) is 11.6. The summed E-state index contributed by atoms with van der Waals surface area (Å²) in [6.45, 7) is 3.59. The Morgan fingerprint density at radius 1 is 1.17 bits per heavy atom. The normalized spacial score (nSPS) is 18.5. The van der Waals surface area contributed by atoms with Crippen LogP contribution in [0.25, 0.3) is 10.9 Å². The molecule has 1 aromatic carbocycles. The van der Waals surface area contributed by atoms with Crippen LogP contribution in [0.1, 0.15) is 23.2 Å². The minimum Gasteiger partial charge on any atom is -0.356 e. The molecule has 3 heterocycles. The van der Waals surface area contributed by atoms with E-state index in [-0.39, 0.29) is 5.91 Å². The summed E-state index contributed by atoms with van der Waals surface area (Å²) in [6, 6.07) is 10.6. The minimum absolute atomic E-state index is 0.119. The zero-order valence-electron chi connectivity index (χ0n) is 14.4. The number of rotatable bonds is 3. The summed E-state index contributed by atoms with van der Waals surface area (Å²) >= 11 is 0. The van der Waals surface area contributed by atoms with Crippen LogP contribution in [0.2, 0.25) is 0 Å². The van der Waals surface area contributed by atoms with Gasteiger partial charge in [-0.15, -0.1) is 0 Å². The first-order valence-electron chi connectivity index (χ1n) is 8.74. The minimum atomic E-state index is 0.119. The van der Waals surface area contributed by atoms with Crippen molar-refractivity contribution in [3.05, 3.63) is 35.9 Å². The van der Waals surface area contributed by atoms with Crippen LogP contribution in [-0.2, 0) is 0 Å². The van der Waals surface area contributed by atoms with Crippen LogP contribution in [-0.4, -0.2) is 67.0 Å². The molecule has 2 aliphatic rings. The van der Waals surface area contributed by atoms with E-state index in [0.29, 0.717) is 6.04 Å². The van der Waals surface area contributed by atoms with Crippen molar-refractivity contribution in [3.63, 3.8) is 0 Å². The van der Waals surface area contributed by atoms with Gasteiger partial charge in [0.1, 0.15) is 5.82 Å². The number of pyridine rings is 1. The summed E-state index contributed by atoms with van der Waals surface area (Å²) in [7, 11) is 4.14. The van der Waals surface area contributed by atoms with Gasteiger partial charge in [0.15, 0.2) is 0 Å². The van der Waals surface area contributed by atoms with Gasteiger partial charge in [0, 0.05) is 37.6 Å². The summed E-state index contributed by atoms with van der Waals surface area (Å²) < 4.78 is 0. The van der Waals surface area contributed by atoms with Gasteiger partial charge < -0.3 is 14.7 Å². The lowest BCUT2D eigenvalue weighted by atomic mass is 10.0. The van der Waals surface area contributed by atoms with E-state index < -0.39 is 0 Å². The third-order valence-electron chi connectivity index (χ3n) is 5.22. The molecule has 0 unspecified atom stereocenters. The summed E-state index contributed by atoms with van der Waals surface area (Å²) in [4.78, 5) is 24.3. The molecule has 0 atom stereocenters. The second kappa shape index (κ2) is 6.06. The Bertz CT molecular complexity index is 761. The number of amides is 1. The van der Waals surface area contributed by atoms with Gasteiger partial charge in [0.25, 0.3) is 5.91 Å². The average Bonchev–Trinajstić information content (AvgIpc) is 3.06. The van der Waals surface area contributed by atoms with Crippen molar-refractivity contribution in [1.82, 2.24) is 14.8 Å². The molecule has 0 spiro atoms. The number of carbonyl (C=O) groups excluding carboxylic acids is 1. The molecular formula is C19H24N4O. The second-order valence-corrected chi connectivity index (χ2v) is 7.07. The fourth-order valence-electron chi connectivity index (χ4n) is 3.55. The molecule has 0 saturated carbocycles. The predicted octanol–water partition coefficient (Wildman–Crippen LogP) is 2.22. The van der Waals surface area contributed by atoms with Crippen molar-refractivity contribution in [2.75, 3.05) is 45.2 Å². The van der Waals surface area contributed by atoms with E-state index in [2.05, 4.69) is 23.9 Å². The van der Waals surface area contributed by atoms with Gasteiger partial charge in [-0.2, -0.15) is 0 Å². The van der Waals surface area contributed by atoms with Crippen molar-refractivity contribution in [2.24, 2.45) is 0 Å². The highest BCUT2D eigenvalue weighted by molar-refractivity contribution is 6.02. The van der Waals surface area contributed by atoms with Crippen LogP contribution in [0.5, 0.6) is 0 Å². The fourth-order valence-corrected chi connectivity index (χ4v) is 3.55. The monoisotopic (exact) mass is 324 g/mol. The Balaban J connectivity index is 1.70. The molecule has 1 amide bonds. The van der Waals surface area contributed by atoms with Crippen LogP contribution in [0.4, 0.5) is 5.82 Å². The van der Waals surface area contributed by atoms with Gasteiger partial charge >= 0.3 is 0 Å². The molecule has 0 aliphatic carbocycles. The van der Waals surface area contributed by atoms with E-state index in [1.165, 1.54) is 12.8 Å². The predicted molar refractivity (Wildman–Crippen MR) is 96.6 cm³/mol. The van der Waals surface area contributed by atoms with Gasteiger partial charge in [0.05, 0.1) is 11.1 Å². The van der Waals surface area contributed by atoms with Gasteiger partial charge in [-0.05, 0) is 39.1 Å². The van der Waals surface area contributed by atoms with Crippen LogP contribution in [0.15, 0.2) is 30.3 Å². The zero-order chi connectivity index (χ0) is 16.7. The largest absolute Gasteiger partial charge is 0.356 e. The van der Waals surface area contributed by atoms with E-state index in [1.54, 1.807) is 0 Å². The molecule has 24 heavy (non-hydrogen) atoms. The number of benzene rings is 1. The van der Waals surface area contributed by atoms with E-state index in [4.69, 9.17) is 4.98 Å². The molecule has 0 radical (unpaired) electrons. The highest BCUT2D eigenvalue weighted by Crippen LogP contribution is 2.29. The first kappa shape index (κ1) is 15.4. The van der Waals surface area contributed by atoms with Crippen molar-refractivity contribution >= 4 is 22.6 Å². The van der Waals surface area contributed by atoms with E-state index in [0.717, 1.165) is 48.5 Å². The lowest BCUT2D eigenvalue weighted by Crippen LogP contribution is -2.59. The Morgan fingerprint density at radius 3 is 2.58 bits per heavy atom. The number of likely N-dealkylation sites (tertiary alicyclic amines) is 1. The maximum Gasteiger partial charge on any atom is 0.257 e. The van der Waals surface area contributed by atoms with Crippen molar-refractivity contribution in [1.29, 1.82) is 0 Å². The fraction of sp³-hybridized carbons (Fsp3) is 0.474. The highest BCUT2D eigenvalue weighted by atomic mass is 16.2. The molecule has 4 rings (SSSR count). The molecule has 5 heteroatoms. The van der Waals surface area contributed by atoms with E-state index in [9.17, 15) is 4.79 Å². The topological polar surface area (TPSA) is 39.7 Å². The Hall–Kier alpha value is -2.14. The van der Waals surface area contributed by atoms with Gasteiger partial charge in [0.2, 0.25) is 0 Å². The molecule has 126 valence electrons. The number of carbonyl (C=O) groups is 1. The number of anilines is 1. The lowest BCUT2D eigenvalue weighted by Gasteiger charge is -2.43. The second-order valence-electron chi connectivity index (χ2n) is 7.07. The van der Waals surface area contributed by atoms with Gasteiger partial charge in [-0.3, -0.25) is 4.79 Å². The average molecular weight is 324 g/mol. The quantitative estimate of drug-likeness (QED) is 0.868. The third-order valence-corrected chi connectivity index (χ3v) is 5.22. The molecule has 0 bridgehead atoms. The van der Waals surface area contributed by atoms with E-state index in [1.807, 2.05) is 35.2 Å². The summed E-state index contributed by atoms with van der Waals surface area (Å²) in [5.41, 5.74) is 1.72. The molecule has 0 N–H and O–H groups in total. The zero-order valence-corrected chi connectivity index (χ0v) is 14.4. The molecule has 2 aliphatic heterocycles. The maximum atomic E-state index is 13.1. The highest BCUT2D eigenvalue weighted by Gasteiger charge is 2.34. The number of nitrogens with zero attached hydrogens (tertiary/aromatic N) is 4. The number of aromatic nitrogens is 1. The smallest absolute Gasteiger partial charge is 0.257 e. The van der Waals surface area contributed by atoms with Gasteiger partial charge in [-0.25, -0.2) is 4.98 Å². The number of fused-ring (bicyclic) bond motifs is 1. The third kappa shape index (κ3) is 2.63. The Kier molecular flexibility index (Phi) is 3.88. The van der Waals surface area contributed by atoms with Crippen molar-refractivity contribution in [3.8, 4) is 0 Å². The van der Waals surface area contributed by atoms with Gasteiger partial charge in [-0.1, -0.05) is 18.2 Å². The number of likely N-dealkylation sites (N-methyl/N-ethyl adjacent to an activating group) is 1. The first-order valence-corrected chi connectivity index (χ1v) is 8.74. The lowest BCUT2D eigenvalue weighted by molar-refractivity contribution is 0.0400. The number of hydrogen-bond donors (Lipinski definition) is 0. The summed E-state index contributed by atoms with van der Waals surface area (Å²) in [5, 5.41) is 1.04. The summed E-state index contributed by atoms with van der Waals surface area (Å²) in [6.07, 6.45) is 2.35. The van der Waals surface area contributed by atoms with Crippen LogP contribution >= 0.6 is 0 Å².